The van der Waals surface area contributed by atoms with Gasteiger partial charge < -0.3 is 33.8 Å². The summed E-state index contributed by atoms with van der Waals surface area (Å²) in [5.41, 5.74) is 0. The van der Waals surface area contributed by atoms with Gasteiger partial charge in [-0.3, -0.25) is 37.3 Å². The Kier molecular flexibility index (Phi) is 68.4. The highest BCUT2D eigenvalue weighted by Gasteiger charge is 2.30. The van der Waals surface area contributed by atoms with Gasteiger partial charge in [-0.2, -0.15) is 0 Å². The summed E-state index contributed by atoms with van der Waals surface area (Å²) < 4.78 is 68.3. The molecule has 566 valence electrons. The third kappa shape index (κ3) is 70.4. The molecule has 0 aromatic rings. The topological polar surface area (TPSA) is 237 Å². The molecule has 0 fully saturated rings. The molecule has 98 heavy (non-hydrogen) atoms. The predicted molar refractivity (Wildman–Crippen MR) is 399 cm³/mol. The van der Waals surface area contributed by atoms with E-state index in [1.165, 1.54) is 96.3 Å². The minimum absolute atomic E-state index is 0.0300. The Balaban J connectivity index is 5.42. The zero-order valence-electron chi connectivity index (χ0n) is 61.7. The van der Waals surface area contributed by atoms with Crippen molar-refractivity contribution in [2.24, 2.45) is 0 Å². The molecule has 0 bridgehead atoms. The second kappa shape index (κ2) is 71.4. The lowest BCUT2D eigenvalue weighted by atomic mass is 10.1. The van der Waals surface area contributed by atoms with E-state index >= 15 is 0 Å². The highest BCUT2D eigenvalue weighted by molar-refractivity contribution is 7.47. The summed E-state index contributed by atoms with van der Waals surface area (Å²) in [6, 6.07) is 0. The number of esters is 4. The summed E-state index contributed by atoms with van der Waals surface area (Å²) >= 11 is 0. The molecule has 19 heteroatoms. The van der Waals surface area contributed by atoms with Crippen LogP contribution in [0.15, 0.2) is 97.2 Å². The SMILES string of the molecule is CCCCC/C=C\C/C=C\C/C=C\C/C=C\C/C=C\CCC(=O)O[C@H](COC(=O)CCCCCCC/C=C\CCCCCC)COP(=O)(O)OC[C@@H](O)COP(=O)(O)OC[C@@H](COC(=O)CCCCCCC/C=C\CCCCCC)OC(=O)CCCCCCC/C=C\CCCCCC. The van der Waals surface area contributed by atoms with E-state index in [0.717, 1.165) is 141 Å². The number of hydrogen-bond acceptors (Lipinski definition) is 15. The maximum atomic E-state index is 13.1. The van der Waals surface area contributed by atoms with Crippen molar-refractivity contribution in [2.45, 2.75) is 341 Å². The van der Waals surface area contributed by atoms with Gasteiger partial charge in [0.25, 0.3) is 0 Å². The van der Waals surface area contributed by atoms with E-state index in [9.17, 15) is 43.2 Å². The Hall–Kier alpha value is -4.02. The van der Waals surface area contributed by atoms with Crippen molar-refractivity contribution in [3.63, 3.8) is 0 Å². The molecule has 0 aromatic carbocycles. The summed E-state index contributed by atoms with van der Waals surface area (Å²) in [5.74, 6) is -2.29. The zero-order valence-corrected chi connectivity index (χ0v) is 63.5. The number of carbonyl (C=O) groups is 4. The molecule has 0 saturated carbocycles. The van der Waals surface area contributed by atoms with E-state index < -0.39 is 97.5 Å². The Morgan fingerprint density at radius 2 is 0.520 bits per heavy atom. The molecule has 0 aliphatic heterocycles. The average Bonchev–Trinajstić information content (AvgIpc) is 0.982. The largest absolute Gasteiger partial charge is 0.472 e. The normalized spacial score (nSPS) is 14.5. The Morgan fingerprint density at radius 1 is 0.286 bits per heavy atom. The van der Waals surface area contributed by atoms with Gasteiger partial charge in [-0.25, -0.2) is 9.13 Å². The van der Waals surface area contributed by atoms with Crippen LogP contribution in [-0.4, -0.2) is 96.7 Å². The molecule has 0 saturated heterocycles. The molecule has 17 nitrogen and oxygen atoms in total. The molecular weight excluding hydrogens is 1280 g/mol. The van der Waals surface area contributed by atoms with Gasteiger partial charge in [-0.05, 0) is 141 Å². The molecule has 0 aliphatic carbocycles. The van der Waals surface area contributed by atoms with Crippen LogP contribution in [0.4, 0.5) is 0 Å². The molecule has 0 rings (SSSR count). The van der Waals surface area contributed by atoms with E-state index in [1.54, 1.807) is 0 Å². The Bertz CT molecular complexity index is 2240. The molecule has 0 spiro atoms. The first-order valence-corrected chi connectivity index (χ1v) is 41.5. The lowest BCUT2D eigenvalue weighted by molar-refractivity contribution is -0.161. The molecule has 0 heterocycles. The highest BCUT2D eigenvalue weighted by atomic mass is 31.2. The molecule has 0 aliphatic rings. The molecule has 0 aromatic heterocycles. The van der Waals surface area contributed by atoms with Gasteiger partial charge >= 0.3 is 39.5 Å². The van der Waals surface area contributed by atoms with Gasteiger partial charge in [0.1, 0.15) is 19.3 Å². The molecule has 3 N–H and O–H groups in total. The second-order valence-electron chi connectivity index (χ2n) is 25.6. The van der Waals surface area contributed by atoms with Crippen molar-refractivity contribution < 1.29 is 80.2 Å². The predicted octanol–water partition coefficient (Wildman–Crippen LogP) is 22.0. The summed E-state index contributed by atoms with van der Waals surface area (Å²) in [6.45, 7) is 4.70. The number of phosphoric acid groups is 2. The van der Waals surface area contributed by atoms with Crippen LogP contribution in [0.3, 0.4) is 0 Å². The number of aliphatic hydroxyl groups is 1. The minimum Gasteiger partial charge on any atom is -0.462 e. The molecule has 5 atom stereocenters. The highest BCUT2D eigenvalue weighted by Crippen LogP contribution is 2.45. The van der Waals surface area contributed by atoms with Gasteiger partial charge in [0, 0.05) is 25.7 Å². The number of unbranched alkanes of at least 4 members (excludes halogenated alkanes) is 30. The first kappa shape index (κ1) is 94.0. The lowest BCUT2D eigenvalue weighted by Crippen LogP contribution is -2.30. The zero-order chi connectivity index (χ0) is 71.8. The van der Waals surface area contributed by atoms with Crippen LogP contribution in [-0.2, 0) is 65.4 Å². The van der Waals surface area contributed by atoms with Crippen LogP contribution in [0.1, 0.15) is 323 Å². The second-order valence-corrected chi connectivity index (χ2v) is 28.5. The standard InChI is InChI=1S/C79H138O17P2/c1-5-9-13-17-21-25-29-33-34-35-36-37-38-42-46-50-54-58-62-66-79(84)96-75(70-90-77(82)64-60-56-52-48-44-40-31-27-23-19-15-11-7-3)72-94-98(87,88)92-68-73(80)67-91-97(85,86)93-71-74(95-78(83)65-61-57-53-49-45-41-32-28-24-20-16-12-8-4)69-89-76(81)63-59-55-51-47-43-39-30-26-22-18-14-10-6-2/h21,25-28,30-34,36-37,42,46,54,58,73-75,80H,5-20,22-24,29,35,38-41,43-45,47-53,55-57,59-72H2,1-4H3,(H,85,86)(H,87,88)/b25-21-,30-26-,31-27-,32-28-,34-33-,37-36-,46-42-,58-54-/t73-,74+,75+/m0/s1. The smallest absolute Gasteiger partial charge is 0.462 e. The number of phosphoric ester groups is 2. The van der Waals surface area contributed by atoms with Crippen molar-refractivity contribution in [1.29, 1.82) is 0 Å². The number of allylic oxidation sites excluding steroid dienone is 16. The van der Waals surface area contributed by atoms with Crippen LogP contribution in [0.5, 0.6) is 0 Å². The quantitative estimate of drug-likeness (QED) is 0.0169. The van der Waals surface area contributed by atoms with Gasteiger partial charge in [-0.1, -0.05) is 253 Å². The lowest BCUT2D eigenvalue weighted by Gasteiger charge is -2.21. The van der Waals surface area contributed by atoms with Gasteiger partial charge in [-0.15, -0.1) is 0 Å². The maximum Gasteiger partial charge on any atom is 0.472 e. The van der Waals surface area contributed by atoms with E-state index in [4.69, 9.17) is 37.0 Å². The van der Waals surface area contributed by atoms with E-state index in [0.29, 0.717) is 32.1 Å². The van der Waals surface area contributed by atoms with Crippen LogP contribution in [0.2, 0.25) is 0 Å². The average molecular weight is 1420 g/mol. The Labute approximate surface area is 595 Å². The maximum absolute atomic E-state index is 13.1. The Morgan fingerprint density at radius 3 is 0.857 bits per heavy atom. The van der Waals surface area contributed by atoms with Crippen LogP contribution in [0, 0.1) is 0 Å². The fraction of sp³-hybridized carbons (Fsp3) is 0.747. The number of hydrogen-bond donors (Lipinski definition) is 3. The molecule has 2 unspecified atom stereocenters. The van der Waals surface area contributed by atoms with Crippen molar-refractivity contribution in [3.05, 3.63) is 97.2 Å². The van der Waals surface area contributed by atoms with Crippen LogP contribution < -0.4 is 0 Å². The van der Waals surface area contributed by atoms with Crippen molar-refractivity contribution in [1.82, 2.24) is 0 Å². The molecular formula is C79H138O17P2. The molecule has 0 amide bonds. The monoisotopic (exact) mass is 1420 g/mol. The fourth-order valence-electron chi connectivity index (χ4n) is 10.1. The first-order chi connectivity index (χ1) is 47.7. The van der Waals surface area contributed by atoms with E-state index in [2.05, 4.69) is 107 Å². The van der Waals surface area contributed by atoms with Crippen molar-refractivity contribution in [2.75, 3.05) is 39.6 Å². The third-order valence-corrected chi connectivity index (χ3v) is 17.9. The number of aliphatic hydroxyl groups excluding tert-OH is 1. The summed E-state index contributed by atoms with van der Waals surface area (Å²) in [7, 11) is -9.97. The first-order valence-electron chi connectivity index (χ1n) is 38.5. The van der Waals surface area contributed by atoms with Gasteiger partial charge in [0.05, 0.1) is 26.4 Å². The van der Waals surface area contributed by atoms with Crippen LogP contribution in [0.25, 0.3) is 0 Å². The van der Waals surface area contributed by atoms with E-state index in [-0.39, 0.29) is 25.7 Å². The number of rotatable bonds is 72. The summed E-state index contributed by atoms with van der Waals surface area (Å²) in [4.78, 5) is 72.8. The number of carbonyl (C=O) groups excluding carboxylic acids is 4. The molecule has 0 radical (unpaired) electrons. The van der Waals surface area contributed by atoms with Gasteiger partial charge in [0.2, 0.25) is 0 Å². The van der Waals surface area contributed by atoms with E-state index in [1.807, 2.05) is 18.2 Å². The van der Waals surface area contributed by atoms with Crippen LogP contribution >= 0.6 is 15.6 Å². The fourth-order valence-corrected chi connectivity index (χ4v) is 11.6. The van der Waals surface area contributed by atoms with Crippen molar-refractivity contribution >= 4 is 39.5 Å². The summed E-state index contributed by atoms with van der Waals surface area (Å²) in [5, 5.41) is 10.6. The number of ether oxygens (including phenoxy) is 4. The minimum atomic E-state index is -4.99. The van der Waals surface area contributed by atoms with Crippen molar-refractivity contribution in [3.8, 4) is 0 Å². The van der Waals surface area contributed by atoms with Gasteiger partial charge in [0.15, 0.2) is 12.2 Å². The third-order valence-electron chi connectivity index (χ3n) is 16.0. The summed E-state index contributed by atoms with van der Waals surface area (Å²) in [6.07, 6.45) is 74.1.